The molecule has 2 aromatic rings. The van der Waals surface area contributed by atoms with Gasteiger partial charge in [0.05, 0.1) is 11.9 Å². The predicted octanol–water partition coefficient (Wildman–Crippen LogP) is 3.56. The van der Waals surface area contributed by atoms with Crippen LogP contribution in [0.5, 0.6) is 0 Å². The number of halogens is 1. The van der Waals surface area contributed by atoms with E-state index in [-0.39, 0.29) is 18.5 Å². The molecule has 0 aliphatic carbocycles. The molecule has 202 valence electrons. The number of benzene rings is 1. The minimum Gasteiger partial charge on any atom is -0.341 e. The molecule has 1 saturated heterocycles. The summed E-state index contributed by atoms with van der Waals surface area (Å²) in [7, 11) is -3.56. The maximum atomic E-state index is 13.9. The fourth-order valence-corrected chi connectivity index (χ4v) is 6.16. The average Bonchev–Trinajstić information content (AvgIpc) is 3.36. The van der Waals surface area contributed by atoms with E-state index in [1.165, 1.54) is 10.6 Å². The van der Waals surface area contributed by atoms with Gasteiger partial charge in [0.1, 0.15) is 5.69 Å². The predicted molar refractivity (Wildman–Crippen MR) is 148 cm³/mol. The van der Waals surface area contributed by atoms with Crippen molar-refractivity contribution in [3.05, 3.63) is 46.2 Å². The van der Waals surface area contributed by atoms with E-state index in [2.05, 4.69) is 33.6 Å². The van der Waals surface area contributed by atoms with E-state index < -0.39 is 10.0 Å². The van der Waals surface area contributed by atoms with Crippen molar-refractivity contribution in [3.63, 3.8) is 0 Å². The molecule has 0 saturated carbocycles. The van der Waals surface area contributed by atoms with Crippen LogP contribution in [0.1, 0.15) is 54.9 Å². The zero-order valence-corrected chi connectivity index (χ0v) is 23.7. The molecule has 0 spiro atoms. The Bertz CT molecular complexity index is 1230. The first-order valence-corrected chi connectivity index (χ1v) is 15.2. The second-order valence-electron chi connectivity index (χ2n) is 10.2. The molecule has 0 radical (unpaired) electrons. The van der Waals surface area contributed by atoms with Crippen molar-refractivity contribution in [3.8, 4) is 0 Å². The number of rotatable bonds is 4. The molecule has 2 aliphatic rings. The molecule has 0 atom stereocenters. The highest BCUT2D eigenvalue weighted by Gasteiger charge is 2.27. The van der Waals surface area contributed by atoms with Crippen LogP contribution < -0.4 is 9.21 Å². The number of anilines is 2. The molecular formula is C26H37ClN6O3S. The van der Waals surface area contributed by atoms with E-state index in [0.717, 1.165) is 37.2 Å². The van der Waals surface area contributed by atoms with Crippen LogP contribution in [-0.2, 0) is 16.6 Å². The minimum atomic E-state index is -3.56. The molecule has 2 aliphatic heterocycles. The summed E-state index contributed by atoms with van der Waals surface area (Å²) in [5.41, 5.74) is 2.35. The number of aryl methyl sites for hydroxylation is 1. The van der Waals surface area contributed by atoms with Gasteiger partial charge in [-0.3, -0.25) is 14.0 Å². The lowest BCUT2D eigenvalue weighted by Crippen LogP contribution is -2.41. The first-order chi connectivity index (χ1) is 17.5. The Morgan fingerprint density at radius 1 is 0.973 bits per heavy atom. The Balaban J connectivity index is 1.74. The van der Waals surface area contributed by atoms with E-state index in [0.29, 0.717) is 55.0 Å². The first-order valence-electron chi connectivity index (χ1n) is 12.9. The van der Waals surface area contributed by atoms with Crippen LogP contribution in [0.2, 0.25) is 5.02 Å². The molecule has 37 heavy (non-hydrogen) atoms. The molecule has 1 aromatic carbocycles. The Hall–Kier alpha value is -2.43. The Morgan fingerprint density at radius 3 is 2.38 bits per heavy atom. The zero-order chi connectivity index (χ0) is 26.7. The topological polar surface area (TPSA) is 90.0 Å². The van der Waals surface area contributed by atoms with Gasteiger partial charge < -0.3 is 9.80 Å². The Morgan fingerprint density at radius 2 is 1.70 bits per heavy atom. The van der Waals surface area contributed by atoms with Crippen molar-refractivity contribution in [2.75, 3.05) is 54.7 Å². The van der Waals surface area contributed by atoms with Gasteiger partial charge in [-0.25, -0.2) is 18.4 Å². The van der Waals surface area contributed by atoms with Crippen LogP contribution in [-0.4, -0.2) is 85.7 Å². The molecule has 1 aromatic heterocycles. The first kappa shape index (κ1) is 27.6. The lowest BCUT2D eigenvalue weighted by molar-refractivity contribution is 0.0706. The van der Waals surface area contributed by atoms with Gasteiger partial charge in [0, 0.05) is 62.6 Å². The Kier molecular flexibility index (Phi) is 8.60. The number of hydrogen-bond acceptors (Lipinski definition) is 7. The third-order valence-corrected chi connectivity index (χ3v) is 8.42. The third-order valence-electron chi connectivity index (χ3n) is 7.01. The van der Waals surface area contributed by atoms with Crippen LogP contribution in [0.15, 0.2) is 24.3 Å². The second kappa shape index (κ2) is 11.5. The molecule has 4 rings (SSSR count). The lowest BCUT2D eigenvalue weighted by Gasteiger charge is -2.30. The average molecular weight is 549 g/mol. The summed E-state index contributed by atoms with van der Waals surface area (Å²) in [4.78, 5) is 29.4. The van der Waals surface area contributed by atoms with Crippen molar-refractivity contribution in [2.45, 2.75) is 52.6 Å². The summed E-state index contributed by atoms with van der Waals surface area (Å²) in [6.07, 6.45) is 4.06. The van der Waals surface area contributed by atoms with Crippen LogP contribution in [0, 0.1) is 6.92 Å². The quantitative estimate of drug-likeness (QED) is 0.577. The summed E-state index contributed by atoms with van der Waals surface area (Å²) in [6.45, 7) is 10.3. The highest BCUT2D eigenvalue weighted by molar-refractivity contribution is 7.92. The molecule has 0 N–H and O–H groups in total. The van der Waals surface area contributed by atoms with Crippen molar-refractivity contribution in [1.29, 1.82) is 0 Å². The van der Waals surface area contributed by atoms with Crippen molar-refractivity contribution >= 4 is 39.2 Å². The number of nitrogens with zero attached hydrogens (tertiary/aromatic N) is 6. The lowest BCUT2D eigenvalue weighted by atomic mass is 10.1. The molecule has 9 nitrogen and oxygen atoms in total. The van der Waals surface area contributed by atoms with E-state index >= 15 is 0 Å². The standard InChI is InChI=1S/C26H37ClN6O3S/c1-19(2)30-12-7-13-33(37(4,35)36)24-17-22(27)9-8-21(24)18-32(15-14-30)25(34)23-16-20(3)28-26(29-23)31-10-5-6-11-31/h8-9,16-17,19H,5-7,10-15,18H2,1-4H3. The fraction of sp³-hybridized carbons (Fsp3) is 0.577. The normalized spacial score (nSPS) is 18.2. The van der Waals surface area contributed by atoms with E-state index in [9.17, 15) is 13.2 Å². The number of sulfonamides is 1. The number of fused-ring (bicyclic) bond motifs is 1. The summed E-state index contributed by atoms with van der Waals surface area (Å²) in [5.74, 6) is 0.402. The number of carbonyl (C=O) groups is 1. The Labute approximate surface area is 225 Å². The fourth-order valence-electron chi connectivity index (χ4n) is 5.00. The second-order valence-corrected chi connectivity index (χ2v) is 12.6. The summed E-state index contributed by atoms with van der Waals surface area (Å²) >= 11 is 6.32. The van der Waals surface area contributed by atoms with Gasteiger partial charge >= 0.3 is 0 Å². The van der Waals surface area contributed by atoms with Crippen LogP contribution in [0.25, 0.3) is 0 Å². The van der Waals surface area contributed by atoms with Gasteiger partial charge in [-0.2, -0.15) is 0 Å². The maximum Gasteiger partial charge on any atom is 0.273 e. The molecular weight excluding hydrogens is 512 g/mol. The third kappa shape index (κ3) is 6.72. The smallest absolute Gasteiger partial charge is 0.273 e. The van der Waals surface area contributed by atoms with Crippen LogP contribution in [0.3, 0.4) is 0 Å². The number of aromatic nitrogens is 2. The van der Waals surface area contributed by atoms with Gasteiger partial charge in [0.25, 0.3) is 5.91 Å². The van der Waals surface area contributed by atoms with Gasteiger partial charge in [-0.15, -0.1) is 0 Å². The summed E-state index contributed by atoms with van der Waals surface area (Å²) in [5, 5.41) is 0.450. The monoisotopic (exact) mass is 548 g/mol. The molecule has 3 heterocycles. The van der Waals surface area contributed by atoms with Crippen LogP contribution >= 0.6 is 11.6 Å². The zero-order valence-electron chi connectivity index (χ0n) is 22.2. The molecule has 11 heteroatoms. The van der Waals surface area contributed by atoms with Gasteiger partial charge in [-0.1, -0.05) is 17.7 Å². The van der Waals surface area contributed by atoms with Gasteiger partial charge in [0.15, 0.2) is 0 Å². The number of hydrogen-bond donors (Lipinski definition) is 0. The maximum absolute atomic E-state index is 13.9. The number of amides is 1. The van der Waals surface area contributed by atoms with E-state index in [4.69, 9.17) is 11.6 Å². The van der Waals surface area contributed by atoms with Crippen molar-refractivity contribution < 1.29 is 13.2 Å². The van der Waals surface area contributed by atoms with Crippen LogP contribution in [0.4, 0.5) is 11.6 Å². The van der Waals surface area contributed by atoms with Gasteiger partial charge in [0.2, 0.25) is 16.0 Å². The molecule has 0 bridgehead atoms. The summed E-state index contributed by atoms with van der Waals surface area (Å²) in [6, 6.07) is 7.22. The SMILES string of the molecule is Cc1cc(C(=O)N2CCN(C(C)C)CCCN(S(C)(=O)=O)c3cc(Cl)ccc3C2)nc(N2CCCC2)n1. The minimum absolute atomic E-state index is 0.194. The van der Waals surface area contributed by atoms with E-state index in [1.54, 1.807) is 23.1 Å². The van der Waals surface area contributed by atoms with Crippen molar-refractivity contribution in [2.24, 2.45) is 0 Å². The van der Waals surface area contributed by atoms with Crippen molar-refractivity contribution in [1.82, 2.24) is 19.8 Å². The number of carbonyl (C=O) groups excluding carboxylic acids is 1. The highest BCUT2D eigenvalue weighted by atomic mass is 35.5. The molecule has 1 fully saturated rings. The summed E-state index contributed by atoms with van der Waals surface area (Å²) < 4.78 is 27.1. The molecule has 0 unspecified atom stereocenters. The van der Waals surface area contributed by atoms with E-state index in [1.807, 2.05) is 13.0 Å². The van der Waals surface area contributed by atoms with Gasteiger partial charge in [-0.05, 0) is 63.8 Å². The highest BCUT2D eigenvalue weighted by Crippen LogP contribution is 2.29. The largest absolute Gasteiger partial charge is 0.341 e. The molecule has 1 amide bonds.